The molecule has 0 aliphatic rings. The molecule has 4 heteroatoms. The van der Waals surface area contributed by atoms with Crippen LogP contribution in [0.25, 0.3) is 0 Å². The van der Waals surface area contributed by atoms with Gasteiger partial charge in [0.25, 0.3) is 0 Å². The van der Waals surface area contributed by atoms with Crippen LogP contribution in [0.5, 0.6) is 0 Å². The summed E-state index contributed by atoms with van der Waals surface area (Å²) in [7, 11) is 0. The maximum Gasteiger partial charge on any atom is 0.152 e. The van der Waals surface area contributed by atoms with Gasteiger partial charge in [0.05, 0.1) is 12.3 Å². The second-order valence-corrected chi connectivity index (χ2v) is 4.50. The van der Waals surface area contributed by atoms with E-state index in [4.69, 9.17) is 5.73 Å². The topological polar surface area (TPSA) is 62.4 Å². The quantitative estimate of drug-likeness (QED) is 0.859. The third kappa shape index (κ3) is 3.45. The van der Waals surface area contributed by atoms with Crippen molar-refractivity contribution in [3.8, 4) is 0 Å². The highest BCUT2D eigenvalue weighted by molar-refractivity contribution is 5.63. The molecule has 1 aromatic carbocycles. The van der Waals surface area contributed by atoms with Crippen molar-refractivity contribution in [3.05, 3.63) is 53.7 Å². The van der Waals surface area contributed by atoms with Gasteiger partial charge in [-0.1, -0.05) is 30.3 Å². The molecular formula is C15H19N3O. The highest BCUT2D eigenvalue weighted by atomic mass is 16.3. The van der Waals surface area contributed by atoms with Gasteiger partial charge in [-0.3, -0.25) is 0 Å². The minimum absolute atomic E-state index is 0.0713. The van der Waals surface area contributed by atoms with E-state index in [1.165, 1.54) is 5.56 Å². The van der Waals surface area contributed by atoms with Crippen LogP contribution >= 0.6 is 0 Å². The number of nitrogens with two attached hydrogens (primary N) is 1. The number of hydrogen-bond acceptors (Lipinski definition) is 4. The normalized spacial score (nSPS) is 10.4. The highest BCUT2D eigenvalue weighted by Gasteiger charge is 2.11. The van der Waals surface area contributed by atoms with E-state index in [9.17, 15) is 5.11 Å². The van der Waals surface area contributed by atoms with E-state index in [2.05, 4.69) is 17.1 Å². The lowest BCUT2D eigenvalue weighted by Crippen LogP contribution is -2.28. The number of aliphatic hydroxyl groups excluding tert-OH is 1. The van der Waals surface area contributed by atoms with Gasteiger partial charge in [0.1, 0.15) is 0 Å². The van der Waals surface area contributed by atoms with Crippen LogP contribution in [-0.4, -0.2) is 23.2 Å². The Morgan fingerprint density at radius 1 is 1.16 bits per heavy atom. The van der Waals surface area contributed by atoms with Gasteiger partial charge in [0.2, 0.25) is 0 Å². The van der Waals surface area contributed by atoms with Gasteiger partial charge in [-0.05, 0) is 24.6 Å². The zero-order valence-corrected chi connectivity index (χ0v) is 11.1. The third-order valence-corrected chi connectivity index (χ3v) is 2.93. The second-order valence-electron chi connectivity index (χ2n) is 4.50. The van der Waals surface area contributed by atoms with Gasteiger partial charge < -0.3 is 15.7 Å². The van der Waals surface area contributed by atoms with E-state index in [0.717, 1.165) is 11.5 Å². The van der Waals surface area contributed by atoms with Gasteiger partial charge in [-0.2, -0.15) is 0 Å². The van der Waals surface area contributed by atoms with Crippen molar-refractivity contribution in [2.75, 3.05) is 23.8 Å². The molecule has 1 aromatic heterocycles. The summed E-state index contributed by atoms with van der Waals surface area (Å²) >= 11 is 0. The Labute approximate surface area is 113 Å². The van der Waals surface area contributed by atoms with E-state index < -0.39 is 0 Å². The van der Waals surface area contributed by atoms with Crippen molar-refractivity contribution in [1.82, 2.24) is 4.98 Å². The lowest BCUT2D eigenvalue weighted by molar-refractivity contribution is 0.301. The van der Waals surface area contributed by atoms with Crippen molar-refractivity contribution in [2.45, 2.75) is 13.5 Å². The smallest absolute Gasteiger partial charge is 0.152 e. The third-order valence-electron chi connectivity index (χ3n) is 2.93. The Kier molecular flexibility index (Phi) is 4.36. The molecule has 0 radical (unpaired) electrons. The minimum Gasteiger partial charge on any atom is -0.396 e. The number of benzene rings is 1. The summed E-state index contributed by atoms with van der Waals surface area (Å²) in [5.41, 5.74) is 8.70. The number of nitrogen functional groups attached to an aromatic ring is 1. The monoisotopic (exact) mass is 257 g/mol. The highest BCUT2D eigenvalue weighted by Crippen LogP contribution is 2.22. The number of nitrogens with zero attached hydrogens (tertiary/aromatic N) is 2. The zero-order chi connectivity index (χ0) is 13.7. The first-order valence-corrected chi connectivity index (χ1v) is 6.33. The van der Waals surface area contributed by atoms with E-state index >= 15 is 0 Å². The summed E-state index contributed by atoms with van der Waals surface area (Å²) in [6.45, 7) is 3.20. The fourth-order valence-electron chi connectivity index (χ4n) is 1.99. The molecule has 0 fully saturated rings. The Morgan fingerprint density at radius 3 is 2.58 bits per heavy atom. The van der Waals surface area contributed by atoms with Crippen LogP contribution < -0.4 is 10.6 Å². The molecule has 0 atom stereocenters. The molecule has 0 spiro atoms. The van der Waals surface area contributed by atoms with E-state index in [0.29, 0.717) is 18.8 Å². The average molecular weight is 257 g/mol. The fourth-order valence-corrected chi connectivity index (χ4v) is 1.99. The number of anilines is 2. The molecule has 19 heavy (non-hydrogen) atoms. The summed E-state index contributed by atoms with van der Waals surface area (Å²) in [6, 6.07) is 13.8. The first-order chi connectivity index (χ1) is 9.20. The van der Waals surface area contributed by atoms with Crippen molar-refractivity contribution >= 4 is 11.5 Å². The van der Waals surface area contributed by atoms with Crippen LogP contribution in [0, 0.1) is 6.92 Å². The van der Waals surface area contributed by atoms with E-state index in [-0.39, 0.29) is 6.61 Å². The minimum atomic E-state index is 0.0713. The molecule has 0 bridgehead atoms. The molecule has 3 N–H and O–H groups in total. The summed E-state index contributed by atoms with van der Waals surface area (Å²) < 4.78 is 0. The standard InChI is InChI=1S/C15H19N3O/c1-12-7-8-14(16)15(17-12)18(9-10-19)11-13-5-3-2-4-6-13/h2-8,19H,9-11,16H2,1H3. The number of rotatable bonds is 5. The van der Waals surface area contributed by atoms with Gasteiger partial charge >= 0.3 is 0 Å². The van der Waals surface area contributed by atoms with Crippen molar-refractivity contribution in [2.24, 2.45) is 0 Å². The summed E-state index contributed by atoms with van der Waals surface area (Å²) in [5.74, 6) is 0.734. The molecule has 0 amide bonds. The van der Waals surface area contributed by atoms with Gasteiger partial charge in [0.15, 0.2) is 5.82 Å². The second kappa shape index (κ2) is 6.20. The number of aliphatic hydroxyl groups is 1. The molecule has 0 aliphatic carbocycles. The van der Waals surface area contributed by atoms with Crippen LogP contribution in [0.1, 0.15) is 11.3 Å². The molecule has 0 saturated carbocycles. The Bertz CT molecular complexity index is 528. The molecule has 1 heterocycles. The zero-order valence-electron chi connectivity index (χ0n) is 11.1. The molecule has 4 nitrogen and oxygen atoms in total. The largest absolute Gasteiger partial charge is 0.396 e. The summed E-state index contributed by atoms with van der Waals surface area (Å²) in [5, 5.41) is 9.23. The Balaban J connectivity index is 2.27. The van der Waals surface area contributed by atoms with Gasteiger partial charge in [0, 0.05) is 18.8 Å². The number of aryl methyl sites for hydroxylation is 1. The maximum atomic E-state index is 9.23. The number of aromatic nitrogens is 1. The Morgan fingerprint density at radius 2 is 1.89 bits per heavy atom. The van der Waals surface area contributed by atoms with Crippen molar-refractivity contribution in [1.29, 1.82) is 0 Å². The van der Waals surface area contributed by atoms with E-state index in [1.807, 2.05) is 42.2 Å². The van der Waals surface area contributed by atoms with Crippen molar-refractivity contribution in [3.63, 3.8) is 0 Å². The summed E-state index contributed by atoms with van der Waals surface area (Å²) in [6.07, 6.45) is 0. The molecule has 2 aromatic rings. The Hall–Kier alpha value is -2.07. The van der Waals surface area contributed by atoms with Crippen LogP contribution in [-0.2, 0) is 6.54 Å². The predicted molar refractivity (Wildman–Crippen MR) is 78.0 cm³/mol. The maximum absolute atomic E-state index is 9.23. The lowest BCUT2D eigenvalue weighted by atomic mass is 10.2. The number of hydrogen-bond donors (Lipinski definition) is 2. The first-order valence-electron chi connectivity index (χ1n) is 6.33. The van der Waals surface area contributed by atoms with Gasteiger partial charge in [-0.25, -0.2) is 4.98 Å². The first kappa shape index (κ1) is 13.4. The molecular weight excluding hydrogens is 238 g/mol. The lowest BCUT2D eigenvalue weighted by Gasteiger charge is -2.24. The molecule has 100 valence electrons. The molecule has 0 unspecified atom stereocenters. The molecule has 0 aliphatic heterocycles. The van der Waals surface area contributed by atoms with Crippen LogP contribution in [0.3, 0.4) is 0 Å². The van der Waals surface area contributed by atoms with Crippen LogP contribution in [0.4, 0.5) is 11.5 Å². The predicted octanol–water partition coefficient (Wildman–Crippen LogP) is 1.97. The molecule has 2 rings (SSSR count). The summed E-state index contributed by atoms with van der Waals surface area (Å²) in [4.78, 5) is 6.48. The average Bonchev–Trinajstić information content (AvgIpc) is 2.42. The van der Waals surface area contributed by atoms with Crippen LogP contribution in [0.2, 0.25) is 0 Å². The molecule has 0 saturated heterocycles. The fraction of sp³-hybridized carbons (Fsp3) is 0.267. The SMILES string of the molecule is Cc1ccc(N)c(N(CCO)Cc2ccccc2)n1. The van der Waals surface area contributed by atoms with Gasteiger partial charge in [-0.15, -0.1) is 0 Å². The number of pyridine rings is 1. The van der Waals surface area contributed by atoms with Crippen LogP contribution in [0.15, 0.2) is 42.5 Å². The van der Waals surface area contributed by atoms with E-state index in [1.54, 1.807) is 0 Å². The van der Waals surface area contributed by atoms with Crippen molar-refractivity contribution < 1.29 is 5.11 Å².